The number of anilines is 1. The molecule has 0 aromatic heterocycles. The van der Waals surface area contributed by atoms with Crippen molar-refractivity contribution in [1.29, 1.82) is 0 Å². The third-order valence-corrected chi connectivity index (χ3v) is 2.61. The van der Waals surface area contributed by atoms with Crippen LogP contribution in [0.15, 0.2) is 24.3 Å². The fraction of sp³-hybridized carbons (Fsp3) is 0.125. The molecule has 1 aromatic carbocycles. The van der Waals surface area contributed by atoms with Crippen LogP contribution in [0.5, 0.6) is 0 Å². The van der Waals surface area contributed by atoms with Gasteiger partial charge in [-0.05, 0) is 12.1 Å². The van der Waals surface area contributed by atoms with E-state index in [0.29, 0.717) is 6.54 Å². The molecule has 0 unspecified atom stereocenters. The highest BCUT2D eigenvalue weighted by Gasteiger charge is 2.23. The lowest BCUT2D eigenvalue weighted by molar-refractivity contribution is 0.101. The summed E-state index contributed by atoms with van der Waals surface area (Å²) in [7, 11) is 0. The van der Waals surface area contributed by atoms with Crippen LogP contribution in [0, 0.1) is 0 Å². The minimum atomic E-state index is 0.218. The van der Waals surface area contributed by atoms with E-state index in [0.717, 1.165) is 11.3 Å². The van der Waals surface area contributed by atoms with Crippen LogP contribution >= 0.6 is 22.9 Å². The molecular weight excluding hydrogens is 253 g/mol. The number of nitrogens with zero attached hydrogens (tertiary/aromatic N) is 1. The first-order chi connectivity index (χ1) is 5.29. The van der Waals surface area contributed by atoms with Crippen LogP contribution in [0.3, 0.4) is 0 Å². The molecule has 11 heavy (non-hydrogen) atoms. The number of carbonyl (C=O) groups excluding carboxylic acids is 1. The maximum Gasteiger partial charge on any atom is 0.185 e. The molecule has 0 radical (unpaired) electrons. The highest BCUT2D eigenvalue weighted by atomic mass is 127. The van der Waals surface area contributed by atoms with Gasteiger partial charge in [0.2, 0.25) is 0 Å². The summed E-state index contributed by atoms with van der Waals surface area (Å²) in [5.74, 6) is 0.218. The Bertz CT molecular complexity index is 311. The Balaban J connectivity index is 2.60. The fourth-order valence-corrected chi connectivity index (χ4v) is 1.95. The Morgan fingerprint density at radius 1 is 1.36 bits per heavy atom. The molecule has 0 spiro atoms. The first kappa shape index (κ1) is 7.09. The van der Waals surface area contributed by atoms with Crippen molar-refractivity contribution in [1.82, 2.24) is 0 Å². The van der Waals surface area contributed by atoms with Gasteiger partial charge in [-0.2, -0.15) is 0 Å². The van der Waals surface area contributed by atoms with Crippen molar-refractivity contribution in [3.8, 4) is 0 Å². The van der Waals surface area contributed by atoms with Crippen LogP contribution in [-0.2, 0) is 0 Å². The lowest BCUT2D eigenvalue weighted by Crippen LogP contribution is -2.08. The van der Waals surface area contributed by atoms with E-state index in [1.54, 1.807) is 0 Å². The Morgan fingerprint density at radius 2 is 2.09 bits per heavy atom. The van der Waals surface area contributed by atoms with Crippen molar-refractivity contribution >= 4 is 34.3 Å². The quantitative estimate of drug-likeness (QED) is 0.525. The van der Waals surface area contributed by atoms with E-state index in [2.05, 4.69) is 22.9 Å². The summed E-state index contributed by atoms with van der Waals surface area (Å²) in [4.78, 5) is 11.2. The number of Topliss-reactive ketones (excluding diaryl/α,β-unsaturated/α-hetero) is 1. The molecule has 0 fully saturated rings. The van der Waals surface area contributed by atoms with Crippen LogP contribution < -0.4 is 3.11 Å². The highest BCUT2D eigenvalue weighted by molar-refractivity contribution is 14.1. The predicted molar refractivity (Wildman–Crippen MR) is 52.1 cm³/mol. The lowest BCUT2D eigenvalue weighted by Gasteiger charge is -2.05. The topological polar surface area (TPSA) is 20.3 Å². The molecule has 2 nitrogen and oxygen atoms in total. The van der Waals surface area contributed by atoms with E-state index < -0.39 is 0 Å². The molecule has 2 rings (SSSR count). The monoisotopic (exact) mass is 259 g/mol. The van der Waals surface area contributed by atoms with Crippen molar-refractivity contribution in [3.05, 3.63) is 29.8 Å². The van der Waals surface area contributed by atoms with E-state index in [9.17, 15) is 4.79 Å². The fourth-order valence-electron chi connectivity index (χ4n) is 1.22. The molecule has 0 saturated carbocycles. The zero-order chi connectivity index (χ0) is 7.84. The lowest BCUT2D eigenvalue weighted by atomic mass is 10.1. The summed E-state index contributed by atoms with van der Waals surface area (Å²) in [5.41, 5.74) is 1.89. The van der Waals surface area contributed by atoms with Crippen molar-refractivity contribution in [2.75, 3.05) is 9.66 Å². The maximum atomic E-state index is 11.2. The van der Waals surface area contributed by atoms with Crippen molar-refractivity contribution in [2.24, 2.45) is 0 Å². The van der Waals surface area contributed by atoms with Gasteiger partial charge in [0, 0.05) is 5.56 Å². The average molecular weight is 259 g/mol. The Labute approximate surface area is 78.7 Å². The van der Waals surface area contributed by atoms with Gasteiger partial charge in [-0.1, -0.05) is 12.1 Å². The number of hydrogen-bond donors (Lipinski definition) is 0. The predicted octanol–water partition coefficient (Wildman–Crippen LogP) is 2.04. The SMILES string of the molecule is O=C1CN(I)c2ccccc21. The first-order valence-electron chi connectivity index (χ1n) is 3.34. The Morgan fingerprint density at radius 3 is 2.82 bits per heavy atom. The van der Waals surface area contributed by atoms with Gasteiger partial charge in [-0.15, -0.1) is 0 Å². The average Bonchev–Trinajstić information content (AvgIpc) is 2.30. The minimum Gasteiger partial charge on any atom is -0.306 e. The molecule has 1 aliphatic rings. The molecule has 0 atom stereocenters. The van der Waals surface area contributed by atoms with E-state index in [-0.39, 0.29) is 5.78 Å². The zero-order valence-electron chi connectivity index (χ0n) is 5.75. The normalized spacial score (nSPS) is 15.4. The second-order valence-electron chi connectivity index (χ2n) is 2.46. The largest absolute Gasteiger partial charge is 0.306 e. The van der Waals surface area contributed by atoms with Crippen LogP contribution in [0.4, 0.5) is 5.69 Å². The van der Waals surface area contributed by atoms with Gasteiger partial charge in [0.25, 0.3) is 0 Å². The van der Waals surface area contributed by atoms with E-state index in [1.807, 2.05) is 27.4 Å². The molecule has 1 aromatic rings. The molecule has 56 valence electrons. The van der Waals surface area contributed by atoms with Gasteiger partial charge >= 0.3 is 0 Å². The molecule has 0 saturated heterocycles. The zero-order valence-corrected chi connectivity index (χ0v) is 7.91. The number of para-hydroxylation sites is 1. The van der Waals surface area contributed by atoms with Crippen LogP contribution in [0.1, 0.15) is 10.4 Å². The highest BCUT2D eigenvalue weighted by Crippen LogP contribution is 2.29. The van der Waals surface area contributed by atoms with Crippen molar-refractivity contribution in [3.63, 3.8) is 0 Å². The third kappa shape index (κ3) is 1.03. The second kappa shape index (κ2) is 2.48. The van der Waals surface area contributed by atoms with Gasteiger partial charge in [-0.3, -0.25) is 4.79 Å². The summed E-state index contributed by atoms with van der Waals surface area (Å²) in [6.07, 6.45) is 0. The molecule has 1 heterocycles. The van der Waals surface area contributed by atoms with Crippen molar-refractivity contribution < 1.29 is 4.79 Å². The summed E-state index contributed by atoms with van der Waals surface area (Å²) in [6.45, 7) is 0.514. The van der Waals surface area contributed by atoms with Crippen LogP contribution in [-0.4, -0.2) is 12.3 Å². The number of hydrogen-bond acceptors (Lipinski definition) is 2. The maximum absolute atomic E-state index is 11.2. The van der Waals surface area contributed by atoms with Crippen molar-refractivity contribution in [2.45, 2.75) is 0 Å². The van der Waals surface area contributed by atoms with E-state index in [4.69, 9.17) is 0 Å². The molecule has 0 bridgehead atoms. The number of fused-ring (bicyclic) bond motifs is 1. The number of halogens is 1. The number of rotatable bonds is 0. The molecule has 0 amide bonds. The number of ketones is 1. The summed E-state index contributed by atoms with van der Waals surface area (Å²) < 4.78 is 1.94. The second-order valence-corrected chi connectivity index (χ2v) is 3.63. The summed E-state index contributed by atoms with van der Waals surface area (Å²) in [6, 6.07) is 7.68. The molecule has 0 aliphatic carbocycles. The van der Waals surface area contributed by atoms with Gasteiger partial charge in [0.05, 0.1) is 35.1 Å². The Hall–Kier alpha value is -0.580. The van der Waals surface area contributed by atoms with Gasteiger partial charge in [0.1, 0.15) is 0 Å². The van der Waals surface area contributed by atoms with E-state index >= 15 is 0 Å². The smallest absolute Gasteiger partial charge is 0.185 e. The van der Waals surface area contributed by atoms with Gasteiger partial charge in [0.15, 0.2) is 5.78 Å². The standard InChI is InChI=1S/C8H6INO/c9-10-5-8(11)6-3-1-2-4-7(6)10/h1-4H,5H2. The third-order valence-electron chi connectivity index (χ3n) is 1.75. The number of carbonyl (C=O) groups is 1. The van der Waals surface area contributed by atoms with Crippen LogP contribution in [0.25, 0.3) is 0 Å². The first-order valence-corrected chi connectivity index (χ1v) is 4.31. The Kier molecular flexibility index (Phi) is 1.60. The summed E-state index contributed by atoms with van der Waals surface area (Å²) in [5, 5.41) is 0. The molecular formula is C8H6INO. The molecule has 1 aliphatic heterocycles. The summed E-state index contributed by atoms with van der Waals surface area (Å²) >= 11 is 2.15. The molecule has 3 heteroatoms. The van der Waals surface area contributed by atoms with Gasteiger partial charge in [-0.25, -0.2) is 0 Å². The minimum absolute atomic E-state index is 0.218. The van der Waals surface area contributed by atoms with E-state index in [1.165, 1.54) is 0 Å². The van der Waals surface area contributed by atoms with Gasteiger partial charge < -0.3 is 3.11 Å². The molecule has 0 N–H and O–H groups in total. The number of benzene rings is 1. The van der Waals surface area contributed by atoms with Crippen LogP contribution in [0.2, 0.25) is 0 Å².